The van der Waals surface area contributed by atoms with Gasteiger partial charge in [0, 0.05) is 31.3 Å². The van der Waals surface area contributed by atoms with Gasteiger partial charge in [-0.3, -0.25) is 0 Å². The van der Waals surface area contributed by atoms with Crippen LogP contribution in [0.2, 0.25) is 0 Å². The number of halogens is 1. The second kappa shape index (κ2) is 8.11. The molecule has 32 heavy (non-hydrogen) atoms. The first-order valence-corrected chi connectivity index (χ1v) is 12.3. The van der Waals surface area contributed by atoms with Crippen LogP contribution in [0.5, 0.6) is 0 Å². The summed E-state index contributed by atoms with van der Waals surface area (Å²) in [5.41, 5.74) is 5.55. The van der Waals surface area contributed by atoms with Crippen molar-refractivity contribution in [3.63, 3.8) is 0 Å². The summed E-state index contributed by atoms with van der Waals surface area (Å²) in [4.78, 5) is 9.47. The van der Waals surface area contributed by atoms with E-state index in [2.05, 4.69) is 94.3 Å². The number of benzene rings is 4. The highest BCUT2D eigenvalue weighted by Crippen LogP contribution is 2.40. The highest BCUT2D eigenvalue weighted by atomic mass is 127. The molecule has 0 saturated carbocycles. The molecular formula is C28H17IN2S. The normalized spacial score (nSPS) is 11.3. The van der Waals surface area contributed by atoms with E-state index in [0.717, 1.165) is 26.3 Å². The molecule has 2 aromatic heterocycles. The third-order valence-corrected chi connectivity index (χ3v) is 7.31. The number of nitrogens with zero attached hydrogens (tertiary/aromatic N) is 2. The van der Waals surface area contributed by atoms with Crippen molar-refractivity contribution < 1.29 is 0 Å². The molecule has 0 aliphatic carbocycles. The standard InChI is InChI=1S/C28H17IN2S/c29-26-17-23(30-28(31-26)20-7-2-1-3-8-20)19-15-13-18(14-16-19)21-10-6-12-25-27(21)22-9-4-5-11-24(22)32-25/h1-17H. The van der Waals surface area contributed by atoms with Gasteiger partial charge < -0.3 is 0 Å². The van der Waals surface area contributed by atoms with E-state index in [-0.39, 0.29) is 0 Å². The first-order valence-electron chi connectivity index (χ1n) is 10.4. The summed E-state index contributed by atoms with van der Waals surface area (Å²) in [6, 6.07) is 36.1. The average Bonchev–Trinajstić information content (AvgIpc) is 3.23. The zero-order valence-electron chi connectivity index (χ0n) is 17.0. The Morgan fingerprint density at radius 1 is 0.594 bits per heavy atom. The minimum Gasteiger partial charge on any atom is -0.228 e. The Morgan fingerprint density at radius 2 is 1.31 bits per heavy atom. The van der Waals surface area contributed by atoms with Crippen LogP contribution in [0.15, 0.2) is 103 Å². The molecule has 0 amide bonds. The lowest BCUT2D eigenvalue weighted by atomic mass is 9.98. The van der Waals surface area contributed by atoms with Crippen LogP contribution in [0.4, 0.5) is 0 Å². The van der Waals surface area contributed by atoms with Crippen LogP contribution in [0, 0.1) is 3.70 Å². The van der Waals surface area contributed by atoms with Crippen molar-refractivity contribution in [3.05, 3.63) is 107 Å². The topological polar surface area (TPSA) is 25.8 Å². The fourth-order valence-electron chi connectivity index (χ4n) is 4.12. The van der Waals surface area contributed by atoms with Crippen LogP contribution in [0.1, 0.15) is 0 Å². The molecule has 2 heterocycles. The molecule has 0 bridgehead atoms. The zero-order valence-corrected chi connectivity index (χ0v) is 20.0. The molecule has 0 saturated heterocycles. The number of hydrogen-bond acceptors (Lipinski definition) is 3. The third-order valence-electron chi connectivity index (χ3n) is 5.62. The fourth-order valence-corrected chi connectivity index (χ4v) is 5.77. The predicted octanol–water partition coefficient (Wildman–Crippen LogP) is 8.45. The second-order valence-corrected chi connectivity index (χ2v) is 9.81. The van der Waals surface area contributed by atoms with Gasteiger partial charge in [0.05, 0.1) is 5.69 Å². The van der Waals surface area contributed by atoms with Crippen LogP contribution >= 0.6 is 33.9 Å². The monoisotopic (exact) mass is 540 g/mol. The molecule has 4 heteroatoms. The van der Waals surface area contributed by atoms with E-state index in [0.29, 0.717) is 0 Å². The van der Waals surface area contributed by atoms with Crippen LogP contribution in [-0.2, 0) is 0 Å². The van der Waals surface area contributed by atoms with E-state index in [1.165, 1.54) is 31.3 Å². The van der Waals surface area contributed by atoms with Crippen molar-refractivity contribution in [2.24, 2.45) is 0 Å². The Morgan fingerprint density at radius 3 is 2.16 bits per heavy atom. The van der Waals surface area contributed by atoms with Crippen LogP contribution in [-0.4, -0.2) is 9.97 Å². The predicted molar refractivity (Wildman–Crippen MR) is 144 cm³/mol. The van der Waals surface area contributed by atoms with Gasteiger partial charge >= 0.3 is 0 Å². The minimum atomic E-state index is 0.756. The largest absolute Gasteiger partial charge is 0.228 e. The number of aromatic nitrogens is 2. The van der Waals surface area contributed by atoms with Gasteiger partial charge in [0.1, 0.15) is 3.70 Å². The Labute approximate surface area is 203 Å². The van der Waals surface area contributed by atoms with Gasteiger partial charge in [-0.25, -0.2) is 9.97 Å². The van der Waals surface area contributed by atoms with Crippen LogP contribution in [0.25, 0.3) is 53.9 Å². The summed E-state index contributed by atoms with van der Waals surface area (Å²) in [5.74, 6) is 0.756. The van der Waals surface area contributed by atoms with E-state index in [4.69, 9.17) is 4.98 Å². The molecule has 6 aromatic rings. The van der Waals surface area contributed by atoms with Gasteiger partial charge in [-0.2, -0.15) is 0 Å². The number of thiophene rings is 1. The minimum absolute atomic E-state index is 0.756. The lowest BCUT2D eigenvalue weighted by Crippen LogP contribution is -1.95. The Bertz CT molecular complexity index is 1570. The first-order chi connectivity index (χ1) is 15.8. The third kappa shape index (κ3) is 3.49. The van der Waals surface area contributed by atoms with Gasteiger partial charge in [-0.1, -0.05) is 84.9 Å². The van der Waals surface area contributed by atoms with Crippen molar-refractivity contribution in [1.82, 2.24) is 9.97 Å². The number of rotatable bonds is 3. The van der Waals surface area contributed by atoms with E-state index < -0.39 is 0 Å². The molecule has 0 radical (unpaired) electrons. The van der Waals surface area contributed by atoms with Gasteiger partial charge in [0.25, 0.3) is 0 Å². The highest BCUT2D eigenvalue weighted by molar-refractivity contribution is 14.1. The summed E-state index contributed by atoms with van der Waals surface area (Å²) < 4.78 is 3.59. The van der Waals surface area contributed by atoms with Crippen molar-refractivity contribution in [2.75, 3.05) is 0 Å². The number of hydrogen-bond donors (Lipinski definition) is 0. The van der Waals surface area contributed by atoms with E-state index in [1.807, 2.05) is 47.7 Å². The molecule has 0 fully saturated rings. The van der Waals surface area contributed by atoms with Gasteiger partial charge in [0.15, 0.2) is 5.82 Å². The van der Waals surface area contributed by atoms with Crippen LogP contribution in [0.3, 0.4) is 0 Å². The van der Waals surface area contributed by atoms with Gasteiger partial charge in [-0.05, 0) is 51.9 Å². The summed E-state index contributed by atoms with van der Waals surface area (Å²) in [6.07, 6.45) is 0. The maximum absolute atomic E-state index is 4.84. The van der Waals surface area contributed by atoms with Gasteiger partial charge in [0.2, 0.25) is 0 Å². The Kier molecular flexibility index (Phi) is 4.97. The fraction of sp³-hybridized carbons (Fsp3) is 0. The molecule has 152 valence electrons. The molecule has 0 N–H and O–H groups in total. The molecule has 4 aromatic carbocycles. The lowest BCUT2D eigenvalue weighted by Gasteiger charge is -2.08. The quantitative estimate of drug-likeness (QED) is 0.166. The highest BCUT2D eigenvalue weighted by Gasteiger charge is 2.12. The zero-order chi connectivity index (χ0) is 21.5. The maximum Gasteiger partial charge on any atom is 0.160 e. The van der Waals surface area contributed by atoms with E-state index in [9.17, 15) is 0 Å². The molecule has 6 rings (SSSR count). The number of fused-ring (bicyclic) bond motifs is 3. The van der Waals surface area contributed by atoms with Crippen molar-refractivity contribution in [3.8, 4) is 33.8 Å². The lowest BCUT2D eigenvalue weighted by molar-refractivity contribution is 1.15. The SMILES string of the molecule is Ic1cc(-c2ccc(-c3cccc4sc5ccccc5c34)cc2)nc(-c2ccccc2)n1. The van der Waals surface area contributed by atoms with E-state index >= 15 is 0 Å². The Balaban J connectivity index is 1.44. The molecule has 2 nitrogen and oxygen atoms in total. The van der Waals surface area contributed by atoms with Crippen LogP contribution < -0.4 is 0 Å². The van der Waals surface area contributed by atoms with E-state index in [1.54, 1.807) is 0 Å². The summed E-state index contributed by atoms with van der Waals surface area (Å²) in [5, 5.41) is 2.66. The smallest absolute Gasteiger partial charge is 0.160 e. The van der Waals surface area contributed by atoms with Crippen molar-refractivity contribution in [2.45, 2.75) is 0 Å². The molecule has 0 aliphatic heterocycles. The van der Waals surface area contributed by atoms with Crippen molar-refractivity contribution in [1.29, 1.82) is 0 Å². The molecular weight excluding hydrogens is 523 g/mol. The maximum atomic E-state index is 4.84. The Hall–Kier alpha value is -3.09. The van der Waals surface area contributed by atoms with Gasteiger partial charge in [-0.15, -0.1) is 11.3 Å². The van der Waals surface area contributed by atoms with Crippen molar-refractivity contribution >= 4 is 54.1 Å². The average molecular weight is 540 g/mol. The molecule has 0 spiro atoms. The summed E-state index contributed by atoms with van der Waals surface area (Å²) in [6.45, 7) is 0. The first kappa shape index (κ1) is 19.6. The molecule has 0 atom stereocenters. The summed E-state index contributed by atoms with van der Waals surface area (Å²) >= 11 is 4.12. The molecule has 0 unspecified atom stereocenters. The summed E-state index contributed by atoms with van der Waals surface area (Å²) in [7, 11) is 0. The second-order valence-electron chi connectivity index (χ2n) is 7.62. The molecule has 0 aliphatic rings.